The van der Waals surface area contributed by atoms with Gasteiger partial charge in [0.25, 0.3) is 0 Å². The monoisotopic (exact) mass is 168 g/mol. The minimum absolute atomic E-state index is 0.977. The maximum Gasteiger partial charge on any atom is 0.0403 e. The van der Waals surface area contributed by atoms with Crippen LogP contribution in [0.5, 0.6) is 0 Å². The van der Waals surface area contributed by atoms with Crippen LogP contribution in [0.3, 0.4) is 0 Å². The molecular formula is C8H8S2. The Morgan fingerprint density at radius 2 is 2.50 bits per heavy atom. The minimum atomic E-state index is 0.977. The van der Waals surface area contributed by atoms with Gasteiger partial charge in [-0.25, -0.2) is 0 Å². The fraction of sp³-hybridized carbons (Fsp3) is 0. The van der Waals surface area contributed by atoms with Crippen LogP contribution in [0.1, 0.15) is 4.88 Å². The van der Waals surface area contributed by atoms with Crippen molar-refractivity contribution in [1.29, 1.82) is 0 Å². The van der Waals surface area contributed by atoms with Gasteiger partial charge in [-0.15, -0.1) is 24.0 Å². The third-order valence-corrected chi connectivity index (χ3v) is 2.49. The van der Waals surface area contributed by atoms with Gasteiger partial charge in [-0.05, 0) is 17.5 Å². The molecule has 1 heterocycles. The third kappa shape index (κ3) is 1.75. The molecule has 2 heteroatoms. The zero-order valence-electron chi connectivity index (χ0n) is 5.45. The van der Waals surface area contributed by atoms with Crippen LogP contribution in [0.15, 0.2) is 36.2 Å². The van der Waals surface area contributed by atoms with E-state index in [1.54, 1.807) is 17.4 Å². The van der Waals surface area contributed by atoms with Gasteiger partial charge in [-0.1, -0.05) is 18.7 Å². The van der Waals surface area contributed by atoms with Gasteiger partial charge in [-0.3, -0.25) is 0 Å². The molecule has 0 atom stereocenters. The smallest absolute Gasteiger partial charge is 0.0403 e. The van der Waals surface area contributed by atoms with Crippen LogP contribution in [-0.2, 0) is 0 Å². The molecule has 0 aliphatic rings. The minimum Gasteiger partial charge on any atom is -0.143 e. The number of hydrogen-bond acceptors (Lipinski definition) is 2. The quantitative estimate of drug-likeness (QED) is 0.509. The Hall–Kier alpha value is -0.470. The van der Waals surface area contributed by atoms with E-state index in [-0.39, 0.29) is 0 Å². The van der Waals surface area contributed by atoms with Crippen molar-refractivity contribution in [3.63, 3.8) is 0 Å². The Balaban J connectivity index is 2.86. The van der Waals surface area contributed by atoms with Crippen molar-refractivity contribution in [1.82, 2.24) is 0 Å². The van der Waals surface area contributed by atoms with E-state index in [4.69, 9.17) is 0 Å². The molecule has 0 bridgehead atoms. The maximum absolute atomic E-state index is 4.27. The van der Waals surface area contributed by atoms with Crippen molar-refractivity contribution in [2.75, 3.05) is 0 Å². The average molecular weight is 168 g/mol. The second-order valence-electron chi connectivity index (χ2n) is 1.76. The topological polar surface area (TPSA) is 0 Å². The van der Waals surface area contributed by atoms with Crippen LogP contribution in [0.2, 0.25) is 0 Å². The van der Waals surface area contributed by atoms with E-state index in [9.17, 15) is 0 Å². The zero-order chi connectivity index (χ0) is 7.40. The van der Waals surface area contributed by atoms with Crippen molar-refractivity contribution in [2.45, 2.75) is 0 Å². The number of allylic oxidation sites excluding steroid dienone is 2. The molecule has 0 saturated carbocycles. The first kappa shape index (κ1) is 7.63. The molecule has 0 amide bonds. The molecule has 1 rings (SSSR count). The lowest BCUT2D eigenvalue weighted by atomic mass is 10.4. The number of rotatable bonds is 2. The van der Waals surface area contributed by atoms with E-state index < -0.39 is 0 Å². The van der Waals surface area contributed by atoms with Crippen molar-refractivity contribution in [2.24, 2.45) is 0 Å². The molecule has 0 aliphatic heterocycles. The molecule has 0 aromatic carbocycles. The van der Waals surface area contributed by atoms with Crippen LogP contribution in [0.25, 0.3) is 4.91 Å². The van der Waals surface area contributed by atoms with Gasteiger partial charge >= 0.3 is 0 Å². The van der Waals surface area contributed by atoms with Gasteiger partial charge in [-0.2, -0.15) is 0 Å². The highest BCUT2D eigenvalue weighted by Gasteiger charge is 1.93. The van der Waals surface area contributed by atoms with E-state index in [0.717, 1.165) is 4.91 Å². The predicted molar refractivity (Wildman–Crippen MR) is 51.5 cm³/mol. The molecule has 52 valence electrons. The summed E-state index contributed by atoms with van der Waals surface area (Å²) in [6, 6.07) is 4.04. The first-order chi connectivity index (χ1) is 4.84. The maximum atomic E-state index is 4.27. The van der Waals surface area contributed by atoms with E-state index in [1.165, 1.54) is 4.88 Å². The molecule has 0 N–H and O–H groups in total. The molecule has 0 spiro atoms. The van der Waals surface area contributed by atoms with E-state index in [0.29, 0.717) is 0 Å². The summed E-state index contributed by atoms with van der Waals surface area (Å²) >= 11 is 5.94. The Kier molecular flexibility index (Phi) is 2.78. The first-order valence-electron chi connectivity index (χ1n) is 2.90. The second kappa shape index (κ2) is 3.64. The lowest BCUT2D eigenvalue weighted by Gasteiger charge is -1.89. The van der Waals surface area contributed by atoms with Crippen molar-refractivity contribution < 1.29 is 0 Å². The molecule has 0 saturated heterocycles. The zero-order valence-corrected chi connectivity index (χ0v) is 7.16. The lowest BCUT2D eigenvalue weighted by Crippen LogP contribution is -1.63. The van der Waals surface area contributed by atoms with E-state index >= 15 is 0 Å². The SMILES string of the molecule is C=C/C=C(\S)c1cccs1. The van der Waals surface area contributed by atoms with Crippen LogP contribution in [0.4, 0.5) is 0 Å². The third-order valence-electron chi connectivity index (χ3n) is 1.05. The predicted octanol–water partition coefficient (Wildman–Crippen LogP) is 3.20. The standard InChI is InChI=1S/C8H8S2/c1-2-4-7(9)8-5-3-6-10-8/h2-6,9H,1H2/b7-4-. The number of thiophene rings is 1. The van der Waals surface area contributed by atoms with E-state index in [2.05, 4.69) is 19.2 Å². The van der Waals surface area contributed by atoms with Crippen LogP contribution < -0.4 is 0 Å². The Bertz CT molecular complexity index is 232. The summed E-state index contributed by atoms with van der Waals surface area (Å²) in [5, 5.41) is 2.03. The molecule has 1 aromatic heterocycles. The van der Waals surface area contributed by atoms with Crippen molar-refractivity contribution >= 4 is 28.9 Å². The second-order valence-corrected chi connectivity index (χ2v) is 3.19. The van der Waals surface area contributed by atoms with Gasteiger partial charge < -0.3 is 0 Å². The summed E-state index contributed by atoms with van der Waals surface area (Å²) in [6.45, 7) is 3.59. The lowest BCUT2D eigenvalue weighted by molar-refractivity contribution is 1.93. The molecule has 0 fully saturated rings. The largest absolute Gasteiger partial charge is 0.143 e. The van der Waals surface area contributed by atoms with Crippen molar-refractivity contribution in [3.8, 4) is 0 Å². The molecule has 1 aromatic rings. The highest BCUT2D eigenvalue weighted by Crippen LogP contribution is 2.22. The van der Waals surface area contributed by atoms with Gasteiger partial charge in [0, 0.05) is 9.78 Å². The molecule has 0 radical (unpaired) electrons. The molecule has 10 heavy (non-hydrogen) atoms. The van der Waals surface area contributed by atoms with Crippen molar-refractivity contribution in [3.05, 3.63) is 41.1 Å². The Labute approximate surface area is 70.3 Å². The van der Waals surface area contributed by atoms with Gasteiger partial charge in [0.15, 0.2) is 0 Å². The summed E-state index contributed by atoms with van der Waals surface area (Å²) in [4.78, 5) is 2.16. The molecular weight excluding hydrogens is 160 g/mol. The highest BCUT2D eigenvalue weighted by molar-refractivity contribution is 7.90. The summed E-state index contributed by atoms with van der Waals surface area (Å²) < 4.78 is 0. The van der Waals surface area contributed by atoms with E-state index in [1.807, 2.05) is 23.6 Å². The summed E-state index contributed by atoms with van der Waals surface area (Å²) in [7, 11) is 0. The fourth-order valence-electron chi connectivity index (χ4n) is 0.618. The van der Waals surface area contributed by atoms with Crippen LogP contribution in [-0.4, -0.2) is 0 Å². The Morgan fingerprint density at radius 3 is 3.00 bits per heavy atom. The fourth-order valence-corrected chi connectivity index (χ4v) is 1.61. The van der Waals surface area contributed by atoms with Gasteiger partial charge in [0.1, 0.15) is 0 Å². The summed E-state index contributed by atoms with van der Waals surface area (Å²) in [5.74, 6) is 0. The van der Waals surface area contributed by atoms with Crippen LogP contribution >= 0.6 is 24.0 Å². The summed E-state index contributed by atoms with van der Waals surface area (Å²) in [6.07, 6.45) is 3.62. The van der Waals surface area contributed by atoms with Crippen LogP contribution in [0, 0.1) is 0 Å². The Morgan fingerprint density at radius 1 is 1.70 bits per heavy atom. The molecule has 0 nitrogen and oxygen atoms in total. The first-order valence-corrected chi connectivity index (χ1v) is 4.23. The summed E-state index contributed by atoms with van der Waals surface area (Å²) in [5.41, 5.74) is 0. The number of hydrogen-bond donors (Lipinski definition) is 1. The normalized spacial score (nSPS) is 11.5. The highest BCUT2D eigenvalue weighted by atomic mass is 32.1. The van der Waals surface area contributed by atoms with Gasteiger partial charge in [0.2, 0.25) is 0 Å². The molecule has 0 aliphatic carbocycles. The average Bonchev–Trinajstić information content (AvgIpc) is 2.38. The van der Waals surface area contributed by atoms with Gasteiger partial charge in [0.05, 0.1) is 0 Å². The molecule has 0 unspecified atom stereocenters. The number of thiol groups is 1.